The van der Waals surface area contributed by atoms with Crippen LogP contribution in [0.1, 0.15) is 5.56 Å². The molecule has 10 heteroatoms. The third-order valence-electron chi connectivity index (χ3n) is 2.20. The van der Waals surface area contributed by atoms with Crippen LogP contribution >= 0.6 is 11.6 Å². The Balaban J connectivity index is 2.58. The summed E-state index contributed by atoms with van der Waals surface area (Å²) in [6, 6.07) is 2.73. The molecule has 0 aliphatic rings. The number of rotatable bonds is 2. The number of hydrogen-bond donors (Lipinski definition) is 0. The predicted octanol–water partition coefficient (Wildman–Crippen LogP) is 2.07. The van der Waals surface area contributed by atoms with Gasteiger partial charge in [-0.1, -0.05) is 16.7 Å². The Labute approximate surface area is 113 Å². The Morgan fingerprint density at radius 1 is 1.37 bits per heavy atom. The molecule has 0 saturated carbocycles. The molecule has 19 heavy (non-hydrogen) atoms. The number of nitrogens with zero attached hydrogens (tertiary/aromatic N) is 4. The van der Waals surface area contributed by atoms with Gasteiger partial charge in [0.05, 0.1) is 16.3 Å². The fourth-order valence-corrected chi connectivity index (χ4v) is 2.09. The van der Waals surface area contributed by atoms with Crippen LogP contribution in [0.2, 0.25) is 5.02 Å². The molecule has 0 amide bonds. The summed E-state index contributed by atoms with van der Waals surface area (Å²) in [5.41, 5.74) is -0.970. The zero-order valence-electron chi connectivity index (χ0n) is 9.35. The van der Waals surface area contributed by atoms with Crippen molar-refractivity contribution >= 4 is 22.8 Å². The van der Waals surface area contributed by atoms with E-state index in [2.05, 4.69) is 15.5 Å². The summed E-state index contributed by atoms with van der Waals surface area (Å²) in [5, 5.41) is 10.2. The minimum absolute atomic E-state index is 0.0204. The quantitative estimate of drug-likeness (QED) is 0.796. The highest BCUT2D eigenvalue weighted by Crippen LogP contribution is 2.33. The van der Waals surface area contributed by atoms with Gasteiger partial charge in [-0.05, 0) is 28.6 Å². The second kappa shape index (κ2) is 4.99. The number of benzene rings is 1. The van der Waals surface area contributed by atoms with Crippen molar-refractivity contribution in [3.05, 3.63) is 28.8 Å². The Bertz CT molecular complexity index is 601. The maximum absolute atomic E-state index is 12.6. The second-order valence-electron chi connectivity index (χ2n) is 3.49. The van der Waals surface area contributed by atoms with E-state index in [1.807, 2.05) is 0 Å². The fourth-order valence-electron chi connectivity index (χ4n) is 1.36. The van der Waals surface area contributed by atoms with Crippen molar-refractivity contribution in [3.8, 4) is 5.69 Å². The van der Waals surface area contributed by atoms with Crippen LogP contribution in [0.3, 0.4) is 0 Å². The van der Waals surface area contributed by atoms with Gasteiger partial charge < -0.3 is 4.55 Å². The highest BCUT2D eigenvalue weighted by molar-refractivity contribution is 7.90. The van der Waals surface area contributed by atoms with Gasteiger partial charge in [0, 0.05) is 11.2 Å². The Kier molecular flexibility index (Phi) is 3.70. The largest absolute Gasteiger partial charge is 0.609 e. The molecule has 0 N–H and O–H groups in total. The zero-order chi connectivity index (χ0) is 14.2. The maximum atomic E-state index is 12.6. The summed E-state index contributed by atoms with van der Waals surface area (Å²) in [4.78, 5) is 0. The monoisotopic (exact) mass is 310 g/mol. The SMILES string of the molecule is C[S+]([O-])c1nnnn1-c1cc(C(F)(F)F)ccc1Cl. The van der Waals surface area contributed by atoms with Crippen LogP contribution in [0, 0.1) is 0 Å². The molecule has 1 atom stereocenters. The summed E-state index contributed by atoms with van der Waals surface area (Å²) < 4.78 is 50.2. The third kappa shape index (κ3) is 2.82. The lowest BCUT2D eigenvalue weighted by atomic mass is 10.2. The molecule has 1 aromatic heterocycles. The molecule has 0 fully saturated rings. The number of aromatic nitrogens is 4. The van der Waals surface area contributed by atoms with Crippen molar-refractivity contribution in [2.75, 3.05) is 6.26 Å². The molecule has 1 unspecified atom stereocenters. The van der Waals surface area contributed by atoms with E-state index in [-0.39, 0.29) is 15.9 Å². The molecule has 0 radical (unpaired) electrons. The van der Waals surface area contributed by atoms with Crippen molar-refractivity contribution in [1.29, 1.82) is 0 Å². The predicted molar refractivity (Wildman–Crippen MR) is 61.5 cm³/mol. The van der Waals surface area contributed by atoms with Gasteiger partial charge >= 0.3 is 11.3 Å². The molecule has 0 aliphatic heterocycles. The van der Waals surface area contributed by atoms with Gasteiger partial charge in [-0.25, -0.2) is 0 Å². The van der Waals surface area contributed by atoms with Gasteiger partial charge in [0.1, 0.15) is 6.26 Å². The number of alkyl halides is 3. The van der Waals surface area contributed by atoms with Crippen molar-refractivity contribution in [2.45, 2.75) is 11.3 Å². The number of halogens is 4. The van der Waals surface area contributed by atoms with Crippen LogP contribution in [-0.4, -0.2) is 31.0 Å². The minimum Gasteiger partial charge on any atom is -0.609 e. The van der Waals surface area contributed by atoms with E-state index >= 15 is 0 Å². The van der Waals surface area contributed by atoms with Crippen LogP contribution in [0.5, 0.6) is 0 Å². The van der Waals surface area contributed by atoms with E-state index in [9.17, 15) is 17.7 Å². The fraction of sp³-hybridized carbons (Fsp3) is 0.222. The third-order valence-corrected chi connectivity index (χ3v) is 3.29. The Morgan fingerprint density at radius 2 is 2.05 bits per heavy atom. The summed E-state index contributed by atoms with van der Waals surface area (Å²) >= 11 is 4.27. The topological polar surface area (TPSA) is 66.7 Å². The molecular formula is C9H6ClF3N4OS. The zero-order valence-corrected chi connectivity index (χ0v) is 10.9. The smallest absolute Gasteiger partial charge is 0.416 e. The van der Waals surface area contributed by atoms with E-state index in [0.717, 1.165) is 22.9 Å². The van der Waals surface area contributed by atoms with Gasteiger partial charge in [-0.3, -0.25) is 0 Å². The molecular weight excluding hydrogens is 305 g/mol. The molecule has 1 heterocycles. The van der Waals surface area contributed by atoms with Crippen LogP contribution in [0.25, 0.3) is 5.69 Å². The van der Waals surface area contributed by atoms with E-state index in [1.54, 1.807) is 0 Å². The van der Waals surface area contributed by atoms with Crippen molar-refractivity contribution in [3.63, 3.8) is 0 Å². The molecule has 2 rings (SSSR count). The highest BCUT2D eigenvalue weighted by Gasteiger charge is 2.32. The first-order valence-corrected chi connectivity index (χ1v) is 6.73. The van der Waals surface area contributed by atoms with E-state index < -0.39 is 22.9 Å². The van der Waals surface area contributed by atoms with E-state index in [0.29, 0.717) is 0 Å². The summed E-state index contributed by atoms with van der Waals surface area (Å²) in [7, 11) is 0. The van der Waals surface area contributed by atoms with Crippen molar-refractivity contribution < 1.29 is 17.7 Å². The Hall–Kier alpha value is -1.32. The van der Waals surface area contributed by atoms with Gasteiger partial charge in [-0.15, -0.1) is 0 Å². The summed E-state index contributed by atoms with van der Waals surface area (Å²) in [5.74, 6) is 0. The minimum atomic E-state index is -4.52. The lowest BCUT2D eigenvalue weighted by molar-refractivity contribution is -0.137. The average molecular weight is 311 g/mol. The van der Waals surface area contributed by atoms with Crippen LogP contribution < -0.4 is 0 Å². The van der Waals surface area contributed by atoms with E-state index in [4.69, 9.17) is 11.6 Å². The first kappa shape index (κ1) is 14.1. The first-order chi connectivity index (χ1) is 8.80. The summed E-state index contributed by atoms with van der Waals surface area (Å²) in [6.07, 6.45) is -3.21. The molecule has 0 bridgehead atoms. The molecule has 0 spiro atoms. The molecule has 5 nitrogen and oxygen atoms in total. The van der Waals surface area contributed by atoms with Gasteiger partial charge in [0.25, 0.3) is 0 Å². The van der Waals surface area contributed by atoms with Crippen molar-refractivity contribution in [1.82, 2.24) is 20.2 Å². The summed E-state index contributed by atoms with van der Waals surface area (Å²) in [6.45, 7) is 0. The highest BCUT2D eigenvalue weighted by atomic mass is 35.5. The van der Waals surface area contributed by atoms with Gasteiger partial charge in [-0.2, -0.15) is 17.9 Å². The van der Waals surface area contributed by atoms with Crippen LogP contribution in [0.4, 0.5) is 13.2 Å². The number of hydrogen-bond acceptors (Lipinski definition) is 4. The number of tetrazole rings is 1. The maximum Gasteiger partial charge on any atom is 0.416 e. The standard InChI is InChI=1S/C9H6ClF3N4OS/c1-19(18)8-14-15-16-17(8)7-4-5(9(11,12)13)2-3-6(7)10/h2-4H,1H3. The lowest BCUT2D eigenvalue weighted by Gasteiger charge is -2.10. The first-order valence-electron chi connectivity index (χ1n) is 4.79. The van der Waals surface area contributed by atoms with Crippen LogP contribution in [-0.2, 0) is 17.4 Å². The molecule has 2 aromatic rings. The van der Waals surface area contributed by atoms with Crippen LogP contribution in [0.15, 0.2) is 23.4 Å². The lowest BCUT2D eigenvalue weighted by Crippen LogP contribution is -2.11. The molecule has 0 aliphatic carbocycles. The average Bonchev–Trinajstić information content (AvgIpc) is 2.76. The van der Waals surface area contributed by atoms with Gasteiger partial charge in [0.2, 0.25) is 0 Å². The molecule has 1 aromatic carbocycles. The molecule has 0 saturated heterocycles. The van der Waals surface area contributed by atoms with Crippen molar-refractivity contribution in [2.24, 2.45) is 0 Å². The van der Waals surface area contributed by atoms with Gasteiger partial charge in [0.15, 0.2) is 0 Å². The molecule has 102 valence electrons. The normalized spacial score (nSPS) is 13.6. The van der Waals surface area contributed by atoms with E-state index in [1.165, 1.54) is 6.26 Å². The second-order valence-corrected chi connectivity index (χ2v) is 5.17. The Morgan fingerprint density at radius 3 is 2.63 bits per heavy atom.